The zero-order valence-electron chi connectivity index (χ0n) is 10.6. The maximum Gasteiger partial charge on any atom is 0.411 e. The molecule has 0 unspecified atom stereocenters. The third-order valence-corrected chi connectivity index (χ3v) is 2.10. The first kappa shape index (κ1) is 17.2. The van der Waals surface area contributed by atoms with Crippen LogP contribution in [0.1, 0.15) is 6.42 Å². The Balaban J connectivity index is 2.31. The number of alkyl halides is 5. The number of amides is 1. The van der Waals surface area contributed by atoms with Crippen LogP contribution in [0.5, 0.6) is 5.75 Å². The summed E-state index contributed by atoms with van der Waals surface area (Å²) in [5.74, 6) is -0.629. The molecule has 0 aromatic heterocycles. The summed E-state index contributed by atoms with van der Waals surface area (Å²) in [4.78, 5) is 11.4. The second-order valence-corrected chi connectivity index (χ2v) is 3.87. The maximum absolute atomic E-state index is 11.9. The number of carbonyl (C=O) groups is 1. The number of hydrogen-bond acceptors (Lipinski definition) is 3. The highest BCUT2D eigenvalue weighted by atomic mass is 19.4. The zero-order chi connectivity index (χ0) is 15.9. The Labute approximate surface area is 116 Å². The number of nitrogens with one attached hydrogen (secondary N) is 1. The van der Waals surface area contributed by atoms with E-state index in [4.69, 9.17) is 0 Å². The average molecular weight is 313 g/mol. The number of hydrogen-bond donors (Lipinski definition) is 1. The average Bonchev–Trinajstić information content (AvgIpc) is 2.35. The Hall–Kier alpha value is -1.90. The summed E-state index contributed by atoms with van der Waals surface area (Å²) in [5, 5.41) is 2.38. The van der Waals surface area contributed by atoms with E-state index in [1.165, 1.54) is 24.3 Å². The molecule has 0 fully saturated rings. The molecule has 0 atom stereocenters. The molecule has 1 N–H and O–H groups in total. The lowest BCUT2D eigenvalue weighted by Crippen LogP contribution is -2.20. The van der Waals surface area contributed by atoms with Crippen molar-refractivity contribution in [3.05, 3.63) is 24.3 Å². The standard InChI is InChI=1S/C12H12F5NO3/c13-11(14)21-9-3-1-8(2-4-9)18-10(19)5-6-20-7-12(15,16)17/h1-4,11H,5-7H2,(H,18,19). The predicted octanol–water partition coefficient (Wildman–Crippen LogP) is 3.20. The molecule has 1 aromatic carbocycles. The Morgan fingerprint density at radius 3 is 2.33 bits per heavy atom. The summed E-state index contributed by atoms with van der Waals surface area (Å²) in [6, 6.07) is 5.10. The van der Waals surface area contributed by atoms with Gasteiger partial charge in [0.2, 0.25) is 5.91 Å². The molecule has 1 amide bonds. The minimum Gasteiger partial charge on any atom is -0.435 e. The third kappa shape index (κ3) is 8.08. The van der Waals surface area contributed by atoms with Crippen molar-refractivity contribution in [2.75, 3.05) is 18.5 Å². The van der Waals surface area contributed by atoms with Crippen LogP contribution in [0, 0.1) is 0 Å². The van der Waals surface area contributed by atoms with Crippen molar-refractivity contribution in [2.45, 2.75) is 19.2 Å². The molecule has 4 nitrogen and oxygen atoms in total. The number of ether oxygens (including phenoxy) is 2. The number of benzene rings is 1. The Morgan fingerprint density at radius 1 is 1.19 bits per heavy atom. The topological polar surface area (TPSA) is 47.6 Å². The third-order valence-electron chi connectivity index (χ3n) is 2.10. The minimum absolute atomic E-state index is 0.0727. The maximum atomic E-state index is 11.9. The van der Waals surface area contributed by atoms with Crippen molar-refractivity contribution in [1.82, 2.24) is 0 Å². The monoisotopic (exact) mass is 313 g/mol. The van der Waals surface area contributed by atoms with Gasteiger partial charge in [0.05, 0.1) is 13.0 Å². The van der Waals surface area contributed by atoms with Crippen molar-refractivity contribution < 1.29 is 36.2 Å². The van der Waals surface area contributed by atoms with Gasteiger partial charge in [-0.2, -0.15) is 22.0 Å². The molecule has 118 valence electrons. The fourth-order valence-electron chi connectivity index (χ4n) is 1.30. The second-order valence-electron chi connectivity index (χ2n) is 3.87. The molecule has 0 saturated carbocycles. The first-order chi connectivity index (χ1) is 9.76. The molecule has 9 heteroatoms. The highest BCUT2D eigenvalue weighted by Gasteiger charge is 2.27. The molecule has 1 aromatic rings. The molecule has 0 heterocycles. The Kier molecular flexibility index (Phi) is 6.35. The van der Waals surface area contributed by atoms with Crippen LogP contribution >= 0.6 is 0 Å². The number of halogens is 5. The Morgan fingerprint density at radius 2 is 1.81 bits per heavy atom. The molecule has 1 rings (SSSR count). The molecular formula is C12H12F5NO3. The highest BCUT2D eigenvalue weighted by molar-refractivity contribution is 5.90. The van der Waals surface area contributed by atoms with Gasteiger partial charge in [0.1, 0.15) is 12.4 Å². The highest BCUT2D eigenvalue weighted by Crippen LogP contribution is 2.18. The summed E-state index contributed by atoms with van der Waals surface area (Å²) in [5.41, 5.74) is 0.303. The van der Waals surface area contributed by atoms with E-state index in [0.717, 1.165) is 0 Å². The molecule has 0 saturated heterocycles. The molecule has 0 radical (unpaired) electrons. The van der Waals surface area contributed by atoms with Crippen molar-refractivity contribution >= 4 is 11.6 Å². The van der Waals surface area contributed by atoms with Gasteiger partial charge in [0.15, 0.2) is 0 Å². The predicted molar refractivity (Wildman–Crippen MR) is 63.2 cm³/mol. The van der Waals surface area contributed by atoms with Crippen LogP contribution in [-0.2, 0) is 9.53 Å². The fraction of sp³-hybridized carbons (Fsp3) is 0.417. The number of rotatable bonds is 7. The first-order valence-corrected chi connectivity index (χ1v) is 5.75. The molecule has 0 spiro atoms. The van der Waals surface area contributed by atoms with Crippen LogP contribution in [0.4, 0.5) is 27.6 Å². The normalized spacial score (nSPS) is 11.5. The van der Waals surface area contributed by atoms with E-state index in [-0.39, 0.29) is 18.8 Å². The van der Waals surface area contributed by atoms with Crippen LogP contribution in [0.15, 0.2) is 24.3 Å². The van der Waals surface area contributed by atoms with E-state index in [9.17, 15) is 26.7 Å². The number of carbonyl (C=O) groups excluding carboxylic acids is 1. The van der Waals surface area contributed by atoms with Crippen LogP contribution in [-0.4, -0.2) is 31.9 Å². The lowest BCUT2D eigenvalue weighted by molar-refractivity contribution is -0.174. The molecule has 21 heavy (non-hydrogen) atoms. The smallest absolute Gasteiger partial charge is 0.411 e. The molecule has 0 bridgehead atoms. The van der Waals surface area contributed by atoms with E-state index < -0.39 is 25.3 Å². The van der Waals surface area contributed by atoms with Crippen LogP contribution in [0.2, 0.25) is 0 Å². The molecule has 0 aliphatic rings. The van der Waals surface area contributed by atoms with Crippen molar-refractivity contribution in [3.63, 3.8) is 0 Å². The van der Waals surface area contributed by atoms with Gasteiger partial charge in [-0.05, 0) is 24.3 Å². The quantitative estimate of drug-likeness (QED) is 0.621. The SMILES string of the molecule is O=C(CCOCC(F)(F)F)Nc1ccc(OC(F)F)cc1. The van der Waals surface area contributed by atoms with Gasteiger partial charge < -0.3 is 14.8 Å². The van der Waals surface area contributed by atoms with Crippen LogP contribution < -0.4 is 10.1 Å². The van der Waals surface area contributed by atoms with Gasteiger partial charge >= 0.3 is 12.8 Å². The fourth-order valence-corrected chi connectivity index (χ4v) is 1.30. The van der Waals surface area contributed by atoms with Gasteiger partial charge in [0, 0.05) is 5.69 Å². The lowest BCUT2D eigenvalue weighted by Gasteiger charge is -2.09. The summed E-state index contributed by atoms with van der Waals surface area (Å²) in [7, 11) is 0. The minimum atomic E-state index is -4.43. The molecular weight excluding hydrogens is 301 g/mol. The van der Waals surface area contributed by atoms with Gasteiger partial charge in [0.25, 0.3) is 0 Å². The van der Waals surface area contributed by atoms with Crippen LogP contribution in [0.3, 0.4) is 0 Å². The Bertz CT molecular complexity index is 447. The van der Waals surface area contributed by atoms with Crippen molar-refractivity contribution in [1.29, 1.82) is 0 Å². The van der Waals surface area contributed by atoms with Crippen molar-refractivity contribution in [3.8, 4) is 5.75 Å². The van der Waals surface area contributed by atoms with Crippen LogP contribution in [0.25, 0.3) is 0 Å². The van der Waals surface area contributed by atoms with E-state index in [1.807, 2.05) is 0 Å². The first-order valence-electron chi connectivity index (χ1n) is 5.75. The largest absolute Gasteiger partial charge is 0.435 e. The summed E-state index contributed by atoms with van der Waals surface area (Å²) < 4.78 is 67.5. The van der Waals surface area contributed by atoms with Gasteiger partial charge in [-0.3, -0.25) is 4.79 Å². The van der Waals surface area contributed by atoms with Gasteiger partial charge in [-0.15, -0.1) is 0 Å². The van der Waals surface area contributed by atoms with E-state index >= 15 is 0 Å². The molecule has 0 aliphatic carbocycles. The van der Waals surface area contributed by atoms with Gasteiger partial charge in [-0.1, -0.05) is 0 Å². The summed E-state index contributed by atoms with van der Waals surface area (Å²) in [6.45, 7) is -4.74. The lowest BCUT2D eigenvalue weighted by atomic mass is 10.3. The van der Waals surface area contributed by atoms with Crippen molar-refractivity contribution in [2.24, 2.45) is 0 Å². The molecule has 0 aliphatic heterocycles. The number of anilines is 1. The zero-order valence-corrected chi connectivity index (χ0v) is 10.6. The summed E-state index contributed by atoms with van der Waals surface area (Å²) >= 11 is 0. The second kappa shape index (κ2) is 7.77. The van der Waals surface area contributed by atoms with E-state index in [1.54, 1.807) is 0 Å². The van der Waals surface area contributed by atoms with E-state index in [0.29, 0.717) is 5.69 Å². The van der Waals surface area contributed by atoms with Gasteiger partial charge in [-0.25, -0.2) is 0 Å². The van der Waals surface area contributed by atoms with E-state index in [2.05, 4.69) is 14.8 Å². The summed E-state index contributed by atoms with van der Waals surface area (Å²) in [6.07, 6.45) is -4.69.